The number of allylic oxidation sites excluding steroid dienone is 2. The molecule has 1 fully saturated rings. The summed E-state index contributed by atoms with van der Waals surface area (Å²) < 4.78 is 2.35. The van der Waals surface area contributed by atoms with Crippen molar-refractivity contribution < 1.29 is 5.21 Å². The van der Waals surface area contributed by atoms with E-state index < -0.39 is 0 Å². The Labute approximate surface area is 189 Å². The van der Waals surface area contributed by atoms with Crippen LogP contribution in [-0.4, -0.2) is 49.1 Å². The van der Waals surface area contributed by atoms with Crippen LogP contribution >= 0.6 is 0 Å². The monoisotopic (exact) mass is 432 g/mol. The van der Waals surface area contributed by atoms with Crippen molar-refractivity contribution >= 4 is 16.9 Å². The predicted octanol–water partition coefficient (Wildman–Crippen LogP) is 3.79. The Kier molecular flexibility index (Phi) is 5.51. The van der Waals surface area contributed by atoms with Crippen molar-refractivity contribution in [2.45, 2.75) is 58.3 Å². The molecule has 1 unspecified atom stereocenters. The average Bonchev–Trinajstić information content (AvgIpc) is 3.59. The maximum absolute atomic E-state index is 9.08. The number of rotatable bonds is 7. The van der Waals surface area contributed by atoms with E-state index >= 15 is 0 Å². The van der Waals surface area contributed by atoms with E-state index in [0.29, 0.717) is 17.5 Å². The molecule has 3 aliphatic rings. The van der Waals surface area contributed by atoms with E-state index in [-0.39, 0.29) is 11.9 Å². The van der Waals surface area contributed by atoms with Gasteiger partial charge in [0.25, 0.3) is 0 Å². The number of fused-ring (bicyclic) bond motifs is 2. The van der Waals surface area contributed by atoms with Gasteiger partial charge in [-0.05, 0) is 49.0 Å². The molecule has 0 amide bonds. The Hall–Kier alpha value is -3.06. The summed E-state index contributed by atoms with van der Waals surface area (Å²) in [5, 5.41) is 12.2. The van der Waals surface area contributed by atoms with Gasteiger partial charge >= 0.3 is 0 Å². The molecule has 7 heteroatoms. The largest absolute Gasteiger partial charge is 0.409 e. The van der Waals surface area contributed by atoms with E-state index in [0.717, 1.165) is 43.0 Å². The molecule has 1 atom stereocenters. The Morgan fingerprint density at radius 3 is 2.88 bits per heavy atom. The summed E-state index contributed by atoms with van der Waals surface area (Å²) in [7, 11) is 0. The minimum absolute atomic E-state index is 0.107. The number of benzene rings is 1. The van der Waals surface area contributed by atoms with Crippen LogP contribution in [0.2, 0.25) is 0 Å². The SMILES string of the molecule is CC(C)CCn1c(CN2CN(C3CC3)C=C3C=CC=CC32)nc2cc(C(N)=NO)ccc21. The molecule has 0 radical (unpaired) electrons. The molecular weight excluding hydrogens is 400 g/mol. The Balaban J connectivity index is 1.50. The highest BCUT2D eigenvalue weighted by atomic mass is 16.4. The fraction of sp³-hybridized carbons (Fsp3) is 0.440. The number of imidazole rings is 1. The Morgan fingerprint density at radius 2 is 2.12 bits per heavy atom. The van der Waals surface area contributed by atoms with Crippen molar-refractivity contribution in [2.24, 2.45) is 16.8 Å². The molecule has 1 aliphatic heterocycles. The first-order chi connectivity index (χ1) is 15.5. The van der Waals surface area contributed by atoms with Gasteiger partial charge in [-0.1, -0.05) is 43.3 Å². The van der Waals surface area contributed by atoms with Gasteiger partial charge in [0.2, 0.25) is 0 Å². The van der Waals surface area contributed by atoms with Crippen LogP contribution in [0.15, 0.2) is 59.4 Å². The molecule has 1 aromatic carbocycles. The van der Waals surface area contributed by atoms with Crippen molar-refractivity contribution in [2.75, 3.05) is 6.67 Å². The smallest absolute Gasteiger partial charge is 0.170 e. The maximum atomic E-state index is 9.08. The standard InChI is InChI=1S/C25H32N6O/c1-17(2)11-12-31-23-10-7-18(25(26)28-32)13-21(23)27-24(31)15-30-16-29(20-8-9-20)14-19-5-3-4-6-22(19)30/h3-7,10,13-14,17,20,22,32H,8-9,11-12,15-16H2,1-2H3,(H2,26,28). The van der Waals surface area contributed by atoms with Crippen LogP contribution in [-0.2, 0) is 13.1 Å². The molecule has 168 valence electrons. The van der Waals surface area contributed by atoms with Gasteiger partial charge in [0.05, 0.1) is 30.3 Å². The quantitative estimate of drug-likeness (QED) is 0.301. The van der Waals surface area contributed by atoms with Gasteiger partial charge in [-0.3, -0.25) is 4.90 Å². The molecule has 2 aliphatic carbocycles. The van der Waals surface area contributed by atoms with Crippen molar-refractivity contribution in [1.29, 1.82) is 0 Å². The molecule has 2 heterocycles. The summed E-state index contributed by atoms with van der Waals surface area (Å²) in [4.78, 5) is 10.0. The summed E-state index contributed by atoms with van der Waals surface area (Å²) in [6.07, 6.45) is 14.8. The zero-order valence-electron chi connectivity index (χ0n) is 18.9. The van der Waals surface area contributed by atoms with Crippen LogP contribution in [0.4, 0.5) is 0 Å². The summed E-state index contributed by atoms with van der Waals surface area (Å²) in [5.74, 6) is 1.78. The minimum Gasteiger partial charge on any atom is -0.409 e. The highest BCUT2D eigenvalue weighted by molar-refractivity contribution is 5.99. The van der Waals surface area contributed by atoms with Crippen LogP contribution in [0, 0.1) is 5.92 Å². The predicted molar refractivity (Wildman–Crippen MR) is 127 cm³/mol. The maximum Gasteiger partial charge on any atom is 0.170 e. The number of hydrogen-bond acceptors (Lipinski definition) is 5. The number of nitrogens with zero attached hydrogens (tertiary/aromatic N) is 5. The van der Waals surface area contributed by atoms with Gasteiger partial charge in [0.1, 0.15) is 5.82 Å². The molecule has 1 saturated carbocycles. The number of hydrogen-bond donors (Lipinski definition) is 2. The second kappa shape index (κ2) is 8.47. The number of aromatic nitrogens is 2. The van der Waals surface area contributed by atoms with Gasteiger partial charge in [0, 0.05) is 24.4 Å². The lowest BCUT2D eigenvalue weighted by molar-refractivity contribution is 0.120. The third kappa shape index (κ3) is 4.05. The highest BCUT2D eigenvalue weighted by Crippen LogP contribution is 2.34. The second-order valence-electron chi connectivity index (χ2n) is 9.50. The molecule has 1 aromatic heterocycles. The molecule has 5 rings (SSSR count). The lowest BCUT2D eigenvalue weighted by atomic mass is 9.99. The van der Waals surface area contributed by atoms with Crippen LogP contribution < -0.4 is 5.73 Å². The average molecular weight is 433 g/mol. The first kappa shape index (κ1) is 20.8. The Morgan fingerprint density at radius 1 is 1.28 bits per heavy atom. The summed E-state index contributed by atoms with van der Waals surface area (Å²) in [6, 6.07) is 6.82. The minimum atomic E-state index is 0.107. The fourth-order valence-corrected chi connectivity index (χ4v) is 4.64. The van der Waals surface area contributed by atoms with Gasteiger partial charge in [-0.25, -0.2) is 4.98 Å². The first-order valence-corrected chi connectivity index (χ1v) is 11.6. The van der Waals surface area contributed by atoms with Gasteiger partial charge in [0.15, 0.2) is 5.84 Å². The van der Waals surface area contributed by atoms with Crippen LogP contribution in [0.1, 0.15) is 44.5 Å². The Bertz CT molecular complexity index is 1120. The van der Waals surface area contributed by atoms with Crippen molar-refractivity contribution in [3.05, 3.63) is 65.7 Å². The third-order valence-corrected chi connectivity index (χ3v) is 6.61. The molecule has 3 N–H and O–H groups in total. The normalized spacial score (nSPS) is 21.5. The lowest BCUT2D eigenvalue weighted by Gasteiger charge is -2.40. The lowest BCUT2D eigenvalue weighted by Crippen LogP contribution is -2.47. The first-order valence-electron chi connectivity index (χ1n) is 11.6. The number of nitrogens with two attached hydrogens (primary N) is 1. The van der Waals surface area contributed by atoms with E-state index in [9.17, 15) is 0 Å². The fourth-order valence-electron chi connectivity index (χ4n) is 4.64. The number of aryl methyl sites for hydroxylation is 1. The second-order valence-corrected chi connectivity index (χ2v) is 9.50. The number of oxime groups is 1. The molecule has 2 aromatic rings. The van der Waals surface area contributed by atoms with Gasteiger partial charge in [-0.2, -0.15) is 0 Å². The molecule has 0 bridgehead atoms. The van der Waals surface area contributed by atoms with Crippen molar-refractivity contribution in [3.8, 4) is 0 Å². The summed E-state index contributed by atoms with van der Waals surface area (Å²) in [5.41, 5.74) is 9.85. The van der Waals surface area contributed by atoms with Gasteiger partial charge in [-0.15, -0.1) is 0 Å². The van der Waals surface area contributed by atoms with Crippen molar-refractivity contribution in [1.82, 2.24) is 19.4 Å². The molecule has 0 spiro atoms. The van der Waals surface area contributed by atoms with Crippen LogP contribution in [0.3, 0.4) is 0 Å². The van der Waals surface area contributed by atoms with E-state index in [4.69, 9.17) is 15.9 Å². The number of amidine groups is 1. The van der Waals surface area contributed by atoms with Gasteiger partial charge < -0.3 is 20.4 Å². The van der Waals surface area contributed by atoms with Crippen molar-refractivity contribution in [3.63, 3.8) is 0 Å². The third-order valence-electron chi connectivity index (χ3n) is 6.61. The summed E-state index contributed by atoms with van der Waals surface area (Å²) in [6.45, 7) is 7.12. The molecular formula is C25H32N6O. The summed E-state index contributed by atoms with van der Waals surface area (Å²) >= 11 is 0. The van der Waals surface area contributed by atoms with E-state index in [1.54, 1.807) is 0 Å². The van der Waals surface area contributed by atoms with Crippen LogP contribution in [0.25, 0.3) is 11.0 Å². The molecule has 7 nitrogen and oxygen atoms in total. The van der Waals surface area contributed by atoms with E-state index in [2.05, 4.69) is 63.9 Å². The topological polar surface area (TPSA) is 82.9 Å². The van der Waals surface area contributed by atoms with E-state index in [1.807, 2.05) is 18.2 Å². The zero-order chi connectivity index (χ0) is 22.2. The highest BCUT2D eigenvalue weighted by Gasteiger charge is 2.35. The van der Waals surface area contributed by atoms with E-state index in [1.165, 1.54) is 18.4 Å². The van der Waals surface area contributed by atoms with Crippen LogP contribution in [0.5, 0.6) is 0 Å². The molecule has 0 saturated heterocycles. The zero-order valence-corrected chi connectivity index (χ0v) is 18.9. The molecule has 32 heavy (non-hydrogen) atoms.